The Morgan fingerprint density at radius 3 is 2.77 bits per heavy atom. The molecule has 0 unspecified atom stereocenters. The second kappa shape index (κ2) is 9.09. The maximum absolute atomic E-state index is 13.0. The largest absolute Gasteiger partial charge is 0.484 e. The third-order valence-electron chi connectivity index (χ3n) is 5.02. The predicted octanol–water partition coefficient (Wildman–Crippen LogP) is 3.15. The van der Waals surface area contributed by atoms with Crippen LogP contribution >= 0.6 is 0 Å². The van der Waals surface area contributed by atoms with Crippen LogP contribution in [0.1, 0.15) is 17.5 Å². The molecule has 0 saturated carbocycles. The molecule has 2 N–H and O–H groups in total. The van der Waals surface area contributed by atoms with Gasteiger partial charge in [0.15, 0.2) is 6.61 Å². The van der Waals surface area contributed by atoms with E-state index in [1.54, 1.807) is 17.2 Å². The molecule has 1 atom stereocenters. The summed E-state index contributed by atoms with van der Waals surface area (Å²) in [5.41, 5.74) is 9.17. The van der Waals surface area contributed by atoms with E-state index in [2.05, 4.69) is 9.97 Å². The lowest BCUT2D eigenvalue weighted by atomic mass is 10.0. The van der Waals surface area contributed by atoms with Crippen LogP contribution < -0.4 is 10.5 Å². The van der Waals surface area contributed by atoms with E-state index in [0.29, 0.717) is 31.3 Å². The minimum Gasteiger partial charge on any atom is -0.484 e. The molecule has 1 fully saturated rings. The van der Waals surface area contributed by atoms with Crippen molar-refractivity contribution in [3.05, 3.63) is 71.9 Å². The number of nitrogens with zero attached hydrogens (tertiary/aromatic N) is 3. The van der Waals surface area contributed by atoms with E-state index in [1.807, 2.05) is 25.1 Å². The van der Waals surface area contributed by atoms with Gasteiger partial charge in [0.1, 0.15) is 23.5 Å². The maximum atomic E-state index is 13.0. The molecule has 0 radical (unpaired) electrons. The number of rotatable bonds is 5. The Bertz CT molecular complexity index is 1060. The van der Waals surface area contributed by atoms with Crippen LogP contribution in [0, 0.1) is 12.7 Å². The van der Waals surface area contributed by atoms with E-state index in [4.69, 9.17) is 15.2 Å². The number of aromatic nitrogens is 2. The van der Waals surface area contributed by atoms with Crippen molar-refractivity contribution in [2.75, 3.05) is 32.0 Å². The first-order valence-electron chi connectivity index (χ1n) is 9.96. The topological polar surface area (TPSA) is 90.6 Å². The predicted molar refractivity (Wildman–Crippen MR) is 114 cm³/mol. The lowest BCUT2D eigenvalue weighted by Gasteiger charge is -2.33. The third-order valence-corrected chi connectivity index (χ3v) is 5.02. The second-order valence-electron chi connectivity index (χ2n) is 7.34. The fraction of sp³-hybridized carbons (Fsp3) is 0.261. The molecule has 1 aromatic carbocycles. The van der Waals surface area contributed by atoms with E-state index in [9.17, 15) is 9.18 Å². The summed E-state index contributed by atoms with van der Waals surface area (Å²) in [5, 5.41) is 0. The van der Waals surface area contributed by atoms with Gasteiger partial charge >= 0.3 is 0 Å². The quantitative estimate of drug-likeness (QED) is 0.679. The van der Waals surface area contributed by atoms with Crippen molar-refractivity contribution in [1.29, 1.82) is 0 Å². The Hall–Kier alpha value is -3.52. The van der Waals surface area contributed by atoms with E-state index >= 15 is 0 Å². The van der Waals surface area contributed by atoms with Crippen molar-refractivity contribution in [3.63, 3.8) is 0 Å². The zero-order valence-corrected chi connectivity index (χ0v) is 17.1. The number of morpholine rings is 1. The van der Waals surface area contributed by atoms with Gasteiger partial charge < -0.3 is 20.1 Å². The molecule has 1 aliphatic heterocycles. The summed E-state index contributed by atoms with van der Waals surface area (Å²) in [7, 11) is 0. The lowest BCUT2D eigenvalue weighted by molar-refractivity contribution is -0.141. The highest BCUT2D eigenvalue weighted by Gasteiger charge is 2.27. The third kappa shape index (κ3) is 5.16. The number of amides is 1. The van der Waals surface area contributed by atoms with Gasteiger partial charge in [0, 0.05) is 24.0 Å². The number of ether oxygens (including phenoxy) is 2. The summed E-state index contributed by atoms with van der Waals surface area (Å²) in [6.45, 7) is 3.05. The molecule has 0 aliphatic carbocycles. The molecule has 7 nitrogen and oxygen atoms in total. The molecule has 160 valence electrons. The fourth-order valence-corrected chi connectivity index (χ4v) is 3.42. The van der Waals surface area contributed by atoms with Gasteiger partial charge in [-0.2, -0.15) is 0 Å². The van der Waals surface area contributed by atoms with Crippen molar-refractivity contribution >= 4 is 11.7 Å². The zero-order valence-electron chi connectivity index (χ0n) is 17.1. The van der Waals surface area contributed by atoms with Gasteiger partial charge in [-0.05, 0) is 61.0 Å². The number of pyridine rings is 2. The molecule has 4 rings (SSSR count). The van der Waals surface area contributed by atoms with Crippen molar-refractivity contribution in [2.45, 2.75) is 13.0 Å². The number of halogens is 1. The van der Waals surface area contributed by atoms with Crippen LogP contribution in [0.5, 0.6) is 5.75 Å². The Morgan fingerprint density at radius 2 is 2.03 bits per heavy atom. The number of hydrogen-bond donors (Lipinski definition) is 1. The highest BCUT2D eigenvalue weighted by molar-refractivity contribution is 5.78. The second-order valence-corrected chi connectivity index (χ2v) is 7.34. The molecule has 1 saturated heterocycles. The number of hydrogen-bond acceptors (Lipinski definition) is 6. The first-order valence-corrected chi connectivity index (χ1v) is 9.96. The van der Waals surface area contributed by atoms with Gasteiger partial charge in [0.25, 0.3) is 5.91 Å². The number of benzene rings is 1. The molecule has 1 aliphatic rings. The van der Waals surface area contributed by atoms with E-state index in [0.717, 1.165) is 22.5 Å². The van der Waals surface area contributed by atoms with Crippen LogP contribution in [0.15, 0.2) is 54.7 Å². The van der Waals surface area contributed by atoms with E-state index in [1.165, 1.54) is 24.3 Å². The highest BCUT2D eigenvalue weighted by atomic mass is 19.1. The van der Waals surface area contributed by atoms with Crippen LogP contribution in [0.4, 0.5) is 10.2 Å². The van der Waals surface area contributed by atoms with Gasteiger partial charge in [0.05, 0.1) is 18.8 Å². The van der Waals surface area contributed by atoms with Crippen molar-refractivity contribution in [1.82, 2.24) is 14.9 Å². The van der Waals surface area contributed by atoms with Gasteiger partial charge in [0.2, 0.25) is 0 Å². The highest BCUT2D eigenvalue weighted by Crippen LogP contribution is 2.27. The van der Waals surface area contributed by atoms with Crippen molar-refractivity contribution in [2.24, 2.45) is 0 Å². The summed E-state index contributed by atoms with van der Waals surface area (Å²) in [5.74, 6) is 0.395. The first-order chi connectivity index (χ1) is 15.0. The molecular weight excluding hydrogens is 399 g/mol. The molecule has 2 aromatic heterocycles. The number of nitrogens with two attached hydrogens (primary N) is 1. The maximum Gasteiger partial charge on any atom is 0.260 e. The monoisotopic (exact) mass is 422 g/mol. The normalized spacial score (nSPS) is 16.2. The van der Waals surface area contributed by atoms with Crippen LogP contribution in [0.3, 0.4) is 0 Å². The van der Waals surface area contributed by atoms with E-state index in [-0.39, 0.29) is 24.4 Å². The summed E-state index contributed by atoms with van der Waals surface area (Å²) in [6, 6.07) is 13.2. The Kier molecular flexibility index (Phi) is 6.08. The van der Waals surface area contributed by atoms with Crippen LogP contribution in [0.25, 0.3) is 11.1 Å². The molecule has 31 heavy (non-hydrogen) atoms. The number of carbonyl (C=O) groups excluding carboxylic acids is 1. The molecular formula is C23H23FN4O3. The SMILES string of the molecule is Cc1cc(-c2ccc(N)nc2)cc([C@@H]2CN(C(=O)COc3ccc(F)cc3)CCO2)n1. The van der Waals surface area contributed by atoms with Gasteiger partial charge in [-0.1, -0.05) is 0 Å². The zero-order chi connectivity index (χ0) is 21.8. The summed E-state index contributed by atoms with van der Waals surface area (Å²) >= 11 is 0. The molecule has 0 spiro atoms. The van der Waals surface area contributed by atoms with Crippen LogP contribution in [0.2, 0.25) is 0 Å². The Labute approximate surface area is 179 Å². The molecule has 1 amide bonds. The van der Waals surface area contributed by atoms with Crippen molar-refractivity contribution < 1.29 is 18.7 Å². The van der Waals surface area contributed by atoms with Gasteiger partial charge in [-0.3, -0.25) is 9.78 Å². The molecule has 3 aromatic rings. The summed E-state index contributed by atoms with van der Waals surface area (Å²) < 4.78 is 24.4. The molecule has 0 bridgehead atoms. The molecule has 8 heteroatoms. The van der Waals surface area contributed by atoms with Gasteiger partial charge in [-0.25, -0.2) is 9.37 Å². The van der Waals surface area contributed by atoms with Crippen LogP contribution in [-0.4, -0.2) is 47.1 Å². The standard InChI is InChI=1S/C23H23FN4O3/c1-15-10-17(16-2-7-22(25)26-12-16)11-20(27-15)21-13-28(8-9-30-21)23(29)14-31-19-5-3-18(24)4-6-19/h2-7,10-12,21H,8-9,13-14H2,1H3,(H2,25,26)/t21-/m0/s1. The Balaban J connectivity index is 1.44. The minimum absolute atomic E-state index is 0.123. The number of nitrogen functional groups attached to an aromatic ring is 1. The number of aryl methyl sites for hydroxylation is 1. The number of carbonyl (C=O) groups is 1. The first kappa shape index (κ1) is 20.7. The lowest BCUT2D eigenvalue weighted by Crippen LogP contribution is -2.44. The molecule has 3 heterocycles. The summed E-state index contributed by atoms with van der Waals surface area (Å²) in [6.07, 6.45) is 1.38. The fourth-order valence-electron chi connectivity index (χ4n) is 3.42. The number of anilines is 1. The smallest absolute Gasteiger partial charge is 0.260 e. The van der Waals surface area contributed by atoms with Gasteiger partial charge in [-0.15, -0.1) is 0 Å². The van der Waals surface area contributed by atoms with E-state index < -0.39 is 0 Å². The Morgan fingerprint density at radius 1 is 1.23 bits per heavy atom. The average Bonchev–Trinajstić information content (AvgIpc) is 2.78. The van der Waals surface area contributed by atoms with Crippen molar-refractivity contribution in [3.8, 4) is 16.9 Å². The minimum atomic E-state index is -0.352. The summed E-state index contributed by atoms with van der Waals surface area (Å²) in [4.78, 5) is 23.1. The van der Waals surface area contributed by atoms with Crippen LogP contribution in [-0.2, 0) is 9.53 Å². The average molecular weight is 422 g/mol.